The molecule has 1 heterocycles. The molecule has 2 aromatic carbocycles. The van der Waals surface area contributed by atoms with E-state index in [4.69, 9.17) is 4.84 Å². The molecule has 0 atom stereocenters. The normalized spacial score (nSPS) is 12.2. The Morgan fingerprint density at radius 3 is 2.63 bits per heavy atom. The molecule has 0 aliphatic heterocycles. The largest absolute Gasteiger partial charge is 0.573 e. The number of rotatable bonds is 8. The van der Waals surface area contributed by atoms with Crippen molar-refractivity contribution in [3.8, 4) is 5.75 Å². The molecule has 0 bridgehead atoms. The van der Waals surface area contributed by atoms with Crippen molar-refractivity contribution in [2.75, 3.05) is 6.61 Å². The Labute approximate surface area is 170 Å². The van der Waals surface area contributed by atoms with Crippen LogP contribution in [0.2, 0.25) is 0 Å². The first-order valence-electron chi connectivity index (χ1n) is 9.14. The van der Waals surface area contributed by atoms with Gasteiger partial charge in [0.2, 0.25) is 0 Å². The molecule has 3 rings (SSSR count). The number of hydrogen-bond donors (Lipinski definition) is 1. The summed E-state index contributed by atoms with van der Waals surface area (Å²) in [7, 11) is 0. The highest BCUT2D eigenvalue weighted by molar-refractivity contribution is 6.05. The van der Waals surface area contributed by atoms with Gasteiger partial charge in [-0.1, -0.05) is 42.4 Å². The summed E-state index contributed by atoms with van der Waals surface area (Å²) < 4.78 is 43.4. The Hall–Kier alpha value is -3.49. The number of alkyl halides is 3. The minimum Gasteiger partial charge on any atom is -0.478 e. The molecule has 3 aromatic rings. The molecule has 6 nitrogen and oxygen atoms in total. The van der Waals surface area contributed by atoms with E-state index < -0.39 is 12.3 Å². The van der Waals surface area contributed by atoms with Gasteiger partial charge < -0.3 is 19.2 Å². The number of ether oxygens (including phenoxy) is 1. The number of para-hydroxylation sites is 1. The molecule has 1 aromatic heterocycles. The lowest BCUT2D eigenvalue weighted by Crippen LogP contribution is -2.18. The number of nitrogens with zero attached hydrogens (tertiary/aromatic N) is 2. The molecule has 1 N–H and O–H groups in total. The molecule has 0 aliphatic carbocycles. The first kappa shape index (κ1) is 21.2. The molecule has 0 spiro atoms. The van der Waals surface area contributed by atoms with Crippen LogP contribution in [0.5, 0.6) is 5.75 Å². The van der Waals surface area contributed by atoms with E-state index in [0.717, 1.165) is 0 Å². The highest BCUT2D eigenvalue weighted by Crippen LogP contribution is 2.25. The summed E-state index contributed by atoms with van der Waals surface area (Å²) in [5, 5.41) is 14.1. The maximum absolute atomic E-state index is 12.6. The third kappa shape index (κ3) is 5.11. The smallest absolute Gasteiger partial charge is 0.478 e. The van der Waals surface area contributed by atoms with Crippen LogP contribution in [0.15, 0.2) is 59.9 Å². The molecule has 0 aliphatic rings. The average molecular weight is 420 g/mol. The number of aromatic carboxylic acids is 1. The minimum atomic E-state index is -4.82. The Morgan fingerprint density at radius 2 is 1.93 bits per heavy atom. The number of aromatic nitrogens is 1. The van der Waals surface area contributed by atoms with Gasteiger partial charge in [-0.2, -0.15) is 0 Å². The number of carboxylic acid groups (broad SMARTS) is 1. The van der Waals surface area contributed by atoms with Gasteiger partial charge in [0.05, 0.1) is 12.1 Å². The molecule has 0 amide bonds. The fourth-order valence-corrected chi connectivity index (χ4v) is 2.97. The summed E-state index contributed by atoms with van der Waals surface area (Å²) in [5.41, 5.74) is 1.46. The van der Waals surface area contributed by atoms with Crippen LogP contribution in [0, 0.1) is 0 Å². The van der Waals surface area contributed by atoms with E-state index in [1.54, 1.807) is 34.9 Å². The number of carbonyl (C=O) groups is 1. The molecule has 0 fully saturated rings. The van der Waals surface area contributed by atoms with Crippen LogP contribution in [0.3, 0.4) is 0 Å². The van der Waals surface area contributed by atoms with Crippen LogP contribution in [0.25, 0.3) is 10.9 Å². The molecule has 9 heteroatoms. The van der Waals surface area contributed by atoms with Crippen molar-refractivity contribution in [2.45, 2.75) is 26.3 Å². The van der Waals surface area contributed by atoms with Gasteiger partial charge in [0.15, 0.2) is 0 Å². The highest BCUT2D eigenvalue weighted by atomic mass is 19.4. The van der Waals surface area contributed by atoms with E-state index in [2.05, 4.69) is 9.89 Å². The molecule has 158 valence electrons. The van der Waals surface area contributed by atoms with Crippen molar-refractivity contribution in [1.29, 1.82) is 0 Å². The van der Waals surface area contributed by atoms with Crippen molar-refractivity contribution >= 4 is 22.6 Å². The first-order chi connectivity index (χ1) is 14.3. The fraction of sp³-hybridized carbons (Fsp3) is 0.238. The number of carboxylic acids is 1. The van der Waals surface area contributed by atoms with E-state index >= 15 is 0 Å². The van der Waals surface area contributed by atoms with E-state index in [-0.39, 0.29) is 17.9 Å². The first-order valence-corrected chi connectivity index (χ1v) is 9.14. The maximum atomic E-state index is 12.6. The summed E-state index contributed by atoms with van der Waals surface area (Å²) in [5.74, 6) is -1.46. The Bertz CT molecular complexity index is 1070. The summed E-state index contributed by atoms with van der Waals surface area (Å²) >= 11 is 0. The lowest BCUT2D eigenvalue weighted by molar-refractivity contribution is -0.274. The Balaban J connectivity index is 2.01. The zero-order valence-electron chi connectivity index (χ0n) is 16.0. The van der Waals surface area contributed by atoms with E-state index in [1.165, 1.54) is 24.4 Å². The molecule has 0 saturated carbocycles. The van der Waals surface area contributed by atoms with Crippen LogP contribution < -0.4 is 4.74 Å². The van der Waals surface area contributed by atoms with Gasteiger partial charge in [-0.3, -0.25) is 0 Å². The molecule has 30 heavy (non-hydrogen) atoms. The summed E-state index contributed by atoms with van der Waals surface area (Å²) in [4.78, 5) is 16.9. The molecule has 0 saturated heterocycles. The average Bonchev–Trinajstić information content (AvgIpc) is 3.05. The number of halogens is 3. The van der Waals surface area contributed by atoms with Gasteiger partial charge in [0.1, 0.15) is 18.1 Å². The second-order valence-corrected chi connectivity index (χ2v) is 6.44. The lowest BCUT2D eigenvalue weighted by Gasteiger charge is -2.12. The second-order valence-electron chi connectivity index (χ2n) is 6.44. The van der Waals surface area contributed by atoms with Gasteiger partial charge in [0, 0.05) is 22.7 Å². The monoisotopic (exact) mass is 420 g/mol. The van der Waals surface area contributed by atoms with E-state index in [1.807, 2.05) is 6.92 Å². The molecular formula is C21H19F3N2O4. The fourth-order valence-electron chi connectivity index (χ4n) is 2.97. The van der Waals surface area contributed by atoms with Crippen LogP contribution in [-0.2, 0) is 11.4 Å². The van der Waals surface area contributed by atoms with Gasteiger partial charge in [-0.25, -0.2) is 4.79 Å². The van der Waals surface area contributed by atoms with E-state index in [0.29, 0.717) is 35.2 Å². The standard InChI is InChI=1S/C21H19F3N2O4/c1-2-10-29-25-18(14-6-5-7-15(11-14)30-21(22,23)24)13-26-12-17(20(27)28)16-8-3-4-9-19(16)26/h3-9,11-12H,2,10,13H2,1H3,(H,27,28). The van der Waals surface area contributed by atoms with Crippen molar-refractivity contribution in [3.63, 3.8) is 0 Å². The van der Waals surface area contributed by atoms with Crippen LogP contribution >= 0.6 is 0 Å². The van der Waals surface area contributed by atoms with E-state index in [9.17, 15) is 23.1 Å². The number of fused-ring (bicyclic) bond motifs is 1. The topological polar surface area (TPSA) is 73.1 Å². The predicted octanol–water partition coefficient (Wildman–Crippen LogP) is 5.07. The third-order valence-corrected chi connectivity index (χ3v) is 4.21. The van der Waals surface area contributed by atoms with Crippen LogP contribution in [0.4, 0.5) is 13.2 Å². The SMILES string of the molecule is CCCON=C(Cn1cc(C(=O)O)c2ccccc21)c1cccc(OC(F)(F)F)c1. The number of hydrogen-bond acceptors (Lipinski definition) is 4. The quantitative estimate of drug-likeness (QED) is 0.314. The highest BCUT2D eigenvalue weighted by Gasteiger charge is 2.31. The third-order valence-electron chi connectivity index (χ3n) is 4.21. The Morgan fingerprint density at radius 1 is 1.17 bits per heavy atom. The van der Waals surface area contributed by atoms with Crippen LogP contribution in [0.1, 0.15) is 29.3 Å². The van der Waals surface area contributed by atoms with Crippen molar-refractivity contribution < 1.29 is 32.6 Å². The second kappa shape index (κ2) is 8.89. The summed E-state index contributed by atoms with van der Waals surface area (Å²) in [6.45, 7) is 2.31. The lowest BCUT2D eigenvalue weighted by atomic mass is 10.1. The maximum Gasteiger partial charge on any atom is 0.573 e. The Kier molecular flexibility index (Phi) is 6.29. The van der Waals surface area contributed by atoms with Crippen molar-refractivity contribution in [1.82, 2.24) is 4.57 Å². The van der Waals surface area contributed by atoms with Gasteiger partial charge in [0.25, 0.3) is 0 Å². The van der Waals surface area contributed by atoms with Gasteiger partial charge >= 0.3 is 12.3 Å². The number of benzene rings is 2. The predicted molar refractivity (Wildman–Crippen MR) is 105 cm³/mol. The van der Waals surface area contributed by atoms with Gasteiger partial charge in [-0.15, -0.1) is 13.2 Å². The summed E-state index contributed by atoms with van der Waals surface area (Å²) in [6, 6.07) is 12.4. The number of oxime groups is 1. The van der Waals surface area contributed by atoms with Crippen molar-refractivity contribution in [3.05, 3.63) is 65.9 Å². The van der Waals surface area contributed by atoms with Gasteiger partial charge in [-0.05, 0) is 24.6 Å². The molecular weight excluding hydrogens is 401 g/mol. The zero-order valence-corrected chi connectivity index (χ0v) is 16.0. The zero-order chi connectivity index (χ0) is 21.7. The molecule has 0 unspecified atom stereocenters. The summed E-state index contributed by atoms with van der Waals surface area (Å²) in [6.07, 6.45) is -2.65. The molecule has 0 radical (unpaired) electrons. The minimum absolute atomic E-state index is 0.0903. The van der Waals surface area contributed by atoms with Crippen LogP contribution in [-0.4, -0.2) is 34.3 Å². The van der Waals surface area contributed by atoms with Crippen molar-refractivity contribution in [2.24, 2.45) is 5.16 Å².